The molecule has 0 bridgehead atoms. The summed E-state index contributed by atoms with van der Waals surface area (Å²) in [6.45, 7) is 2.94. The van der Waals surface area contributed by atoms with Crippen LogP contribution in [0.2, 0.25) is 0 Å². The number of carboxylic acid groups (broad SMARTS) is 2. The van der Waals surface area contributed by atoms with E-state index >= 15 is 0 Å². The highest BCUT2D eigenvalue weighted by Gasteiger charge is 2.25. The van der Waals surface area contributed by atoms with E-state index in [0.717, 1.165) is 0 Å². The summed E-state index contributed by atoms with van der Waals surface area (Å²) in [5, 5.41) is 24.3. The first-order valence-electron chi connectivity index (χ1n) is 8.18. The van der Waals surface area contributed by atoms with Gasteiger partial charge in [-0.3, -0.25) is 19.2 Å². The molecule has 0 aromatic rings. The highest BCUT2D eigenvalue weighted by Crippen LogP contribution is 2.00. The third-order valence-electron chi connectivity index (χ3n) is 3.54. The van der Waals surface area contributed by atoms with Crippen molar-refractivity contribution in [3.63, 3.8) is 0 Å². The average molecular weight is 406 g/mol. The number of rotatable bonds is 12. The van der Waals surface area contributed by atoms with E-state index in [1.807, 2.05) is 0 Å². The van der Waals surface area contributed by atoms with Crippen molar-refractivity contribution in [2.75, 3.05) is 12.3 Å². The minimum absolute atomic E-state index is 0.0413. The number of nitrogens with one attached hydrogen (secondary N) is 3. The Morgan fingerprint density at radius 3 is 2.04 bits per heavy atom. The monoisotopic (exact) mass is 406 g/mol. The molecule has 0 aliphatic rings. The summed E-state index contributed by atoms with van der Waals surface area (Å²) in [5.74, 6) is -4.82. The lowest BCUT2D eigenvalue weighted by atomic mass is 10.0. The predicted octanol–water partition coefficient (Wildman–Crippen LogP) is -2.07. The van der Waals surface area contributed by atoms with E-state index in [2.05, 4.69) is 28.6 Å². The lowest BCUT2D eigenvalue weighted by Gasteiger charge is -2.21. The Hall–Kier alpha value is -2.34. The van der Waals surface area contributed by atoms with Gasteiger partial charge in [0.25, 0.3) is 0 Å². The molecule has 3 atom stereocenters. The van der Waals surface area contributed by atoms with Crippen molar-refractivity contribution < 1.29 is 34.2 Å². The highest BCUT2D eigenvalue weighted by molar-refractivity contribution is 7.80. The number of carboxylic acids is 2. The van der Waals surface area contributed by atoms with Crippen molar-refractivity contribution in [2.45, 2.75) is 44.8 Å². The first kappa shape index (κ1) is 24.7. The van der Waals surface area contributed by atoms with E-state index < -0.39 is 60.8 Å². The summed E-state index contributed by atoms with van der Waals surface area (Å²) in [6.07, 6.45) is -0.736. The third kappa shape index (κ3) is 9.80. The van der Waals surface area contributed by atoms with Crippen molar-refractivity contribution in [1.82, 2.24) is 16.0 Å². The summed E-state index contributed by atoms with van der Waals surface area (Å²) in [7, 11) is 0. The third-order valence-corrected chi connectivity index (χ3v) is 3.91. The molecule has 0 aliphatic heterocycles. The molecule has 7 N–H and O–H groups in total. The predicted molar refractivity (Wildman–Crippen MR) is 98.0 cm³/mol. The first-order chi connectivity index (χ1) is 12.5. The first-order valence-corrected chi connectivity index (χ1v) is 8.81. The fraction of sp³-hybridized carbons (Fsp3) is 0.667. The molecule has 12 heteroatoms. The lowest BCUT2D eigenvalue weighted by molar-refractivity contribution is -0.143. The van der Waals surface area contributed by atoms with Crippen LogP contribution in [0.25, 0.3) is 0 Å². The Morgan fingerprint density at radius 1 is 1.00 bits per heavy atom. The molecular weight excluding hydrogens is 380 g/mol. The second kappa shape index (κ2) is 12.1. The van der Waals surface area contributed by atoms with Crippen LogP contribution in [0.3, 0.4) is 0 Å². The number of carbonyl (C=O) groups is 5. The zero-order valence-corrected chi connectivity index (χ0v) is 16.0. The number of hydrogen-bond acceptors (Lipinski definition) is 7. The number of aliphatic carboxylic acids is 2. The summed E-state index contributed by atoms with van der Waals surface area (Å²) < 4.78 is 0. The Morgan fingerprint density at radius 2 is 1.59 bits per heavy atom. The van der Waals surface area contributed by atoms with Crippen molar-refractivity contribution in [3.05, 3.63) is 0 Å². The van der Waals surface area contributed by atoms with Gasteiger partial charge in [0, 0.05) is 12.2 Å². The van der Waals surface area contributed by atoms with Gasteiger partial charge in [0.15, 0.2) is 0 Å². The van der Waals surface area contributed by atoms with Crippen LogP contribution in [0.1, 0.15) is 26.7 Å². The van der Waals surface area contributed by atoms with Gasteiger partial charge in [0.1, 0.15) is 12.1 Å². The normalized spacial score (nSPS) is 14.0. The Bertz CT molecular complexity index is 570. The average Bonchev–Trinajstić information content (AvgIpc) is 2.59. The maximum Gasteiger partial charge on any atom is 0.326 e. The molecule has 0 saturated heterocycles. The molecule has 0 heterocycles. The van der Waals surface area contributed by atoms with Crippen molar-refractivity contribution in [2.24, 2.45) is 11.7 Å². The largest absolute Gasteiger partial charge is 0.481 e. The number of hydrogen-bond donors (Lipinski definition) is 7. The van der Waals surface area contributed by atoms with Gasteiger partial charge in [0.2, 0.25) is 17.7 Å². The van der Waals surface area contributed by atoms with Crippen molar-refractivity contribution in [1.29, 1.82) is 0 Å². The van der Waals surface area contributed by atoms with Crippen molar-refractivity contribution >= 4 is 42.3 Å². The molecule has 0 aromatic heterocycles. The molecule has 0 aromatic carbocycles. The molecular formula is C15H26N4O7S. The standard InChI is InChI=1S/C15H26N4O7S/c1-7(2)12(16)14(24)19-9(6-27)13(23)17-5-10(20)18-8(15(25)26)3-4-11(21)22/h7-9,12,27H,3-6,16H2,1-2H3,(H,17,23)(H,18,20)(H,19,24)(H,21,22)(H,25,26). The second-order valence-corrected chi connectivity index (χ2v) is 6.49. The van der Waals surface area contributed by atoms with Crippen LogP contribution >= 0.6 is 12.6 Å². The summed E-state index contributed by atoms with van der Waals surface area (Å²) in [4.78, 5) is 57.2. The highest BCUT2D eigenvalue weighted by atomic mass is 32.1. The van der Waals surface area contributed by atoms with Crippen LogP contribution in [0.4, 0.5) is 0 Å². The summed E-state index contributed by atoms with van der Waals surface area (Å²) in [6, 6.07) is -3.23. The van der Waals surface area contributed by atoms with Gasteiger partial charge in [-0.05, 0) is 12.3 Å². The maximum atomic E-state index is 12.1. The molecule has 11 nitrogen and oxygen atoms in total. The fourth-order valence-electron chi connectivity index (χ4n) is 1.83. The molecule has 0 aliphatic carbocycles. The Kier molecular flexibility index (Phi) is 11.1. The molecule has 0 spiro atoms. The lowest BCUT2D eigenvalue weighted by Crippen LogP contribution is -2.55. The SMILES string of the molecule is CC(C)C(N)C(=O)NC(CS)C(=O)NCC(=O)NC(CCC(=O)O)C(=O)O. The zero-order chi connectivity index (χ0) is 21.1. The topological polar surface area (TPSA) is 188 Å². The molecule has 154 valence electrons. The van der Waals surface area contributed by atoms with E-state index in [1.165, 1.54) is 0 Å². The van der Waals surface area contributed by atoms with Gasteiger partial charge in [-0.15, -0.1) is 0 Å². The summed E-state index contributed by atoms with van der Waals surface area (Å²) in [5.41, 5.74) is 5.69. The van der Waals surface area contributed by atoms with Crippen LogP contribution in [-0.2, 0) is 24.0 Å². The van der Waals surface area contributed by atoms with E-state index in [9.17, 15) is 24.0 Å². The quantitative estimate of drug-likeness (QED) is 0.180. The van der Waals surface area contributed by atoms with Gasteiger partial charge in [-0.25, -0.2) is 4.79 Å². The minimum Gasteiger partial charge on any atom is -0.481 e. The van der Waals surface area contributed by atoms with Gasteiger partial charge in [-0.1, -0.05) is 13.8 Å². The smallest absolute Gasteiger partial charge is 0.326 e. The number of nitrogens with two attached hydrogens (primary N) is 1. The van der Waals surface area contributed by atoms with Crippen LogP contribution in [0, 0.1) is 5.92 Å². The van der Waals surface area contributed by atoms with Crippen LogP contribution in [-0.4, -0.2) is 70.3 Å². The van der Waals surface area contributed by atoms with E-state index in [-0.39, 0.29) is 18.1 Å². The van der Waals surface area contributed by atoms with Crippen LogP contribution in [0.5, 0.6) is 0 Å². The molecule has 0 rings (SSSR count). The molecule has 0 radical (unpaired) electrons. The van der Waals surface area contributed by atoms with Gasteiger partial charge >= 0.3 is 11.9 Å². The molecule has 3 amide bonds. The minimum atomic E-state index is -1.39. The number of amides is 3. The van der Waals surface area contributed by atoms with Gasteiger partial charge in [-0.2, -0.15) is 12.6 Å². The van der Waals surface area contributed by atoms with Gasteiger partial charge < -0.3 is 31.9 Å². The Balaban J connectivity index is 4.58. The van der Waals surface area contributed by atoms with Crippen LogP contribution < -0.4 is 21.7 Å². The second-order valence-electron chi connectivity index (χ2n) is 6.12. The zero-order valence-electron chi connectivity index (χ0n) is 15.1. The molecule has 27 heavy (non-hydrogen) atoms. The molecule has 3 unspecified atom stereocenters. The van der Waals surface area contributed by atoms with E-state index in [0.29, 0.717) is 0 Å². The molecule has 0 saturated carbocycles. The Labute approximate surface area is 161 Å². The van der Waals surface area contributed by atoms with Gasteiger partial charge in [0.05, 0.1) is 12.6 Å². The van der Waals surface area contributed by atoms with Crippen molar-refractivity contribution in [3.8, 4) is 0 Å². The fourth-order valence-corrected chi connectivity index (χ4v) is 2.08. The van der Waals surface area contributed by atoms with Crippen LogP contribution in [0.15, 0.2) is 0 Å². The van der Waals surface area contributed by atoms with E-state index in [4.69, 9.17) is 15.9 Å². The maximum absolute atomic E-state index is 12.1. The number of carbonyl (C=O) groups excluding carboxylic acids is 3. The molecule has 0 fully saturated rings. The number of thiol groups is 1. The summed E-state index contributed by atoms with van der Waals surface area (Å²) >= 11 is 3.97. The van der Waals surface area contributed by atoms with E-state index in [1.54, 1.807) is 13.8 Å².